The smallest absolute Gasteiger partial charge is 0.233 e. The number of carbonyl (C=O) groups is 3. The van der Waals surface area contributed by atoms with Gasteiger partial charge in [-0.15, -0.1) is 0 Å². The molecule has 1 aliphatic heterocycles. The van der Waals surface area contributed by atoms with Crippen LogP contribution in [0.15, 0.2) is 36.4 Å². The number of hydrogen-bond acceptors (Lipinski definition) is 5. The highest BCUT2D eigenvalue weighted by molar-refractivity contribution is 6.05. The molecule has 0 spiro atoms. The highest BCUT2D eigenvalue weighted by Gasteiger charge is 2.46. The molecule has 7 nitrogen and oxygen atoms in total. The first-order valence-corrected chi connectivity index (χ1v) is 9.56. The largest absolute Gasteiger partial charge is 0.497 e. The molecule has 1 saturated heterocycles. The van der Waals surface area contributed by atoms with Crippen LogP contribution >= 0.6 is 0 Å². The van der Waals surface area contributed by atoms with Gasteiger partial charge in [0.25, 0.3) is 0 Å². The quantitative estimate of drug-likeness (QED) is 0.545. The fourth-order valence-electron chi connectivity index (χ4n) is 3.58. The molecular weight excluding hydrogens is 360 g/mol. The number of ether oxygens (including phenoxy) is 2. The predicted molar refractivity (Wildman–Crippen MR) is 103 cm³/mol. The molecule has 0 bridgehead atoms. The van der Waals surface area contributed by atoms with Crippen molar-refractivity contribution in [1.29, 1.82) is 0 Å². The number of amides is 3. The monoisotopic (exact) mass is 386 g/mol. The zero-order chi connectivity index (χ0) is 20.1. The maximum Gasteiger partial charge on any atom is 0.233 e. The predicted octanol–water partition coefficient (Wildman–Crippen LogP) is 1.92. The topological polar surface area (TPSA) is 84.9 Å². The first-order valence-electron chi connectivity index (χ1n) is 9.56. The van der Waals surface area contributed by atoms with Crippen LogP contribution < -0.4 is 14.8 Å². The lowest BCUT2D eigenvalue weighted by molar-refractivity contribution is -0.140. The standard InChI is InChI=1S/C21H26N2O5/c1-14(13-28-16-9-7-15(27-2)8-10-16)22-19(24)11-12-23-20(25)17-5-3-4-6-18(17)21(23)26/h3-4,7-10,14,17-18H,5-6,11-13H2,1-2H3,(H,22,24)/t14?,17-,18+. The van der Waals surface area contributed by atoms with Crippen LogP contribution in [0, 0.1) is 11.8 Å². The summed E-state index contributed by atoms with van der Waals surface area (Å²) in [5.41, 5.74) is 0. The molecule has 1 fully saturated rings. The molecule has 2 aliphatic rings. The van der Waals surface area contributed by atoms with E-state index in [-0.39, 0.29) is 48.6 Å². The summed E-state index contributed by atoms with van der Waals surface area (Å²) in [4.78, 5) is 38.2. The normalized spacial score (nSPS) is 22.0. The Kier molecular flexibility index (Phi) is 6.34. The van der Waals surface area contributed by atoms with Gasteiger partial charge in [0.05, 0.1) is 25.0 Å². The van der Waals surface area contributed by atoms with Crippen molar-refractivity contribution in [2.75, 3.05) is 20.3 Å². The molecular formula is C21H26N2O5. The number of benzene rings is 1. The molecule has 1 N–H and O–H groups in total. The van der Waals surface area contributed by atoms with Gasteiger partial charge >= 0.3 is 0 Å². The maximum absolute atomic E-state index is 12.4. The van der Waals surface area contributed by atoms with E-state index in [2.05, 4.69) is 5.32 Å². The highest BCUT2D eigenvalue weighted by atomic mass is 16.5. The first kappa shape index (κ1) is 19.9. The highest BCUT2D eigenvalue weighted by Crippen LogP contribution is 2.34. The fraction of sp³-hybridized carbons (Fsp3) is 0.476. The van der Waals surface area contributed by atoms with E-state index in [9.17, 15) is 14.4 Å². The number of hydrogen-bond donors (Lipinski definition) is 1. The number of imide groups is 1. The summed E-state index contributed by atoms with van der Waals surface area (Å²) in [7, 11) is 1.60. The molecule has 7 heteroatoms. The van der Waals surface area contributed by atoms with E-state index in [1.807, 2.05) is 19.1 Å². The van der Waals surface area contributed by atoms with Gasteiger partial charge in [-0.05, 0) is 44.0 Å². The molecule has 1 unspecified atom stereocenters. The fourth-order valence-corrected chi connectivity index (χ4v) is 3.58. The summed E-state index contributed by atoms with van der Waals surface area (Å²) >= 11 is 0. The number of carbonyl (C=O) groups excluding carboxylic acids is 3. The van der Waals surface area contributed by atoms with E-state index in [0.29, 0.717) is 25.2 Å². The van der Waals surface area contributed by atoms with Crippen molar-refractivity contribution >= 4 is 17.7 Å². The van der Waals surface area contributed by atoms with Crippen molar-refractivity contribution < 1.29 is 23.9 Å². The second kappa shape index (κ2) is 8.91. The van der Waals surface area contributed by atoms with Gasteiger partial charge in [0.1, 0.15) is 18.1 Å². The van der Waals surface area contributed by atoms with Gasteiger partial charge in [0.15, 0.2) is 0 Å². The van der Waals surface area contributed by atoms with Crippen LogP contribution in [0.5, 0.6) is 11.5 Å². The summed E-state index contributed by atoms with van der Waals surface area (Å²) in [6.45, 7) is 2.28. The third-order valence-corrected chi connectivity index (χ3v) is 5.13. The Hall–Kier alpha value is -2.83. The minimum absolute atomic E-state index is 0.0945. The van der Waals surface area contributed by atoms with Gasteiger partial charge in [0.2, 0.25) is 17.7 Å². The second-order valence-electron chi connectivity index (χ2n) is 7.19. The van der Waals surface area contributed by atoms with E-state index in [1.54, 1.807) is 31.4 Å². The summed E-state index contributed by atoms with van der Waals surface area (Å²) < 4.78 is 10.7. The Balaban J connectivity index is 1.41. The molecule has 1 aromatic rings. The van der Waals surface area contributed by atoms with Crippen molar-refractivity contribution in [3.8, 4) is 11.5 Å². The Morgan fingerprint density at radius 1 is 1.11 bits per heavy atom. The minimum atomic E-state index is -0.252. The van der Waals surface area contributed by atoms with Crippen molar-refractivity contribution in [2.24, 2.45) is 11.8 Å². The van der Waals surface area contributed by atoms with Gasteiger partial charge < -0.3 is 14.8 Å². The summed E-state index contributed by atoms with van der Waals surface area (Å²) in [6.07, 6.45) is 5.21. The van der Waals surface area contributed by atoms with Crippen LogP contribution in [-0.2, 0) is 14.4 Å². The van der Waals surface area contributed by atoms with Crippen molar-refractivity contribution in [3.05, 3.63) is 36.4 Å². The van der Waals surface area contributed by atoms with Crippen LogP contribution in [0.3, 0.4) is 0 Å². The molecule has 0 aromatic heterocycles. The van der Waals surface area contributed by atoms with Crippen LogP contribution in [0.1, 0.15) is 26.2 Å². The van der Waals surface area contributed by atoms with Crippen molar-refractivity contribution in [3.63, 3.8) is 0 Å². The summed E-state index contributed by atoms with van der Waals surface area (Å²) in [6, 6.07) is 7.00. The molecule has 1 aromatic carbocycles. The molecule has 3 amide bonds. The van der Waals surface area contributed by atoms with Gasteiger partial charge in [0, 0.05) is 13.0 Å². The number of fused-ring (bicyclic) bond motifs is 1. The van der Waals surface area contributed by atoms with Crippen LogP contribution in [0.25, 0.3) is 0 Å². The maximum atomic E-state index is 12.4. The van der Waals surface area contributed by atoms with Crippen LogP contribution in [0.4, 0.5) is 0 Å². The third-order valence-electron chi connectivity index (χ3n) is 5.13. The van der Waals surface area contributed by atoms with E-state index < -0.39 is 0 Å². The molecule has 150 valence electrons. The molecule has 28 heavy (non-hydrogen) atoms. The molecule has 1 heterocycles. The lowest BCUT2D eigenvalue weighted by Gasteiger charge is -2.17. The second-order valence-corrected chi connectivity index (χ2v) is 7.19. The van der Waals surface area contributed by atoms with Gasteiger partial charge in [-0.25, -0.2) is 0 Å². The average Bonchev–Trinajstić information content (AvgIpc) is 2.95. The Bertz CT molecular complexity index is 733. The van der Waals surface area contributed by atoms with Gasteiger partial charge in [-0.3, -0.25) is 19.3 Å². The Labute approximate surface area is 164 Å². The molecule has 3 atom stereocenters. The van der Waals surface area contributed by atoms with Crippen molar-refractivity contribution in [2.45, 2.75) is 32.2 Å². The number of likely N-dealkylation sites (tertiary alicyclic amines) is 1. The van der Waals surface area contributed by atoms with E-state index in [1.165, 1.54) is 4.90 Å². The molecule has 3 rings (SSSR count). The van der Waals surface area contributed by atoms with E-state index >= 15 is 0 Å². The minimum Gasteiger partial charge on any atom is -0.497 e. The SMILES string of the molecule is COc1ccc(OCC(C)NC(=O)CCN2C(=O)[C@H]3CC=CC[C@H]3C2=O)cc1. The zero-order valence-corrected chi connectivity index (χ0v) is 16.2. The van der Waals surface area contributed by atoms with Crippen LogP contribution in [0.2, 0.25) is 0 Å². The molecule has 0 saturated carbocycles. The molecule has 1 aliphatic carbocycles. The van der Waals surface area contributed by atoms with Gasteiger partial charge in [-0.2, -0.15) is 0 Å². The Morgan fingerprint density at radius 3 is 2.25 bits per heavy atom. The first-order chi connectivity index (χ1) is 13.5. The zero-order valence-electron chi connectivity index (χ0n) is 16.2. The number of allylic oxidation sites excluding steroid dienone is 2. The Morgan fingerprint density at radius 2 is 1.68 bits per heavy atom. The number of nitrogens with one attached hydrogen (secondary N) is 1. The third kappa shape index (κ3) is 4.52. The number of methoxy groups -OCH3 is 1. The number of rotatable bonds is 8. The lowest BCUT2D eigenvalue weighted by Crippen LogP contribution is -2.40. The van der Waals surface area contributed by atoms with E-state index in [0.717, 1.165) is 5.75 Å². The summed E-state index contributed by atoms with van der Waals surface area (Å²) in [5, 5.41) is 2.84. The molecule has 0 radical (unpaired) electrons. The number of nitrogens with zero attached hydrogens (tertiary/aromatic N) is 1. The van der Waals surface area contributed by atoms with E-state index in [4.69, 9.17) is 9.47 Å². The van der Waals surface area contributed by atoms with Gasteiger partial charge in [-0.1, -0.05) is 12.2 Å². The summed E-state index contributed by atoms with van der Waals surface area (Å²) in [5.74, 6) is 0.418. The van der Waals surface area contributed by atoms with Crippen molar-refractivity contribution in [1.82, 2.24) is 10.2 Å². The van der Waals surface area contributed by atoms with Crippen LogP contribution in [-0.4, -0.2) is 48.9 Å². The average molecular weight is 386 g/mol. The lowest BCUT2D eigenvalue weighted by atomic mass is 9.85.